The zero-order chi connectivity index (χ0) is 23.2. The SMILES string of the molecule is CC(C)(C)OC(=O)NC1(CNC(=O)C2CCN(C(=O)c3ccco3)CC2)CCCCCC1. The summed E-state index contributed by atoms with van der Waals surface area (Å²) in [6.07, 6.45) is 8.22. The molecule has 178 valence electrons. The highest BCUT2D eigenvalue weighted by Gasteiger charge is 2.36. The smallest absolute Gasteiger partial charge is 0.408 e. The van der Waals surface area contributed by atoms with Gasteiger partial charge in [0.2, 0.25) is 5.91 Å². The van der Waals surface area contributed by atoms with Gasteiger partial charge in [-0.15, -0.1) is 0 Å². The molecule has 0 radical (unpaired) electrons. The van der Waals surface area contributed by atoms with Crippen LogP contribution in [0.25, 0.3) is 0 Å². The fourth-order valence-electron chi connectivity index (χ4n) is 4.57. The van der Waals surface area contributed by atoms with Crippen molar-refractivity contribution in [1.82, 2.24) is 15.5 Å². The van der Waals surface area contributed by atoms with Crippen molar-refractivity contribution in [3.05, 3.63) is 24.2 Å². The number of hydrogen-bond donors (Lipinski definition) is 2. The predicted octanol–water partition coefficient (Wildman–Crippen LogP) is 3.87. The van der Waals surface area contributed by atoms with Gasteiger partial charge >= 0.3 is 6.09 Å². The summed E-state index contributed by atoms with van der Waals surface area (Å²) in [5.74, 6) is 0.0500. The fourth-order valence-corrected chi connectivity index (χ4v) is 4.57. The molecule has 0 unspecified atom stereocenters. The molecule has 2 fully saturated rings. The van der Waals surface area contributed by atoms with E-state index in [2.05, 4.69) is 10.6 Å². The van der Waals surface area contributed by atoms with Crippen molar-refractivity contribution < 1.29 is 23.5 Å². The third-order valence-corrected chi connectivity index (χ3v) is 6.31. The summed E-state index contributed by atoms with van der Waals surface area (Å²) in [6, 6.07) is 3.35. The lowest BCUT2D eigenvalue weighted by Gasteiger charge is -2.36. The molecule has 3 rings (SSSR count). The Morgan fingerprint density at radius 3 is 2.34 bits per heavy atom. The summed E-state index contributed by atoms with van der Waals surface area (Å²) < 4.78 is 10.7. The zero-order valence-electron chi connectivity index (χ0n) is 19.6. The van der Waals surface area contributed by atoms with Crippen LogP contribution in [0.5, 0.6) is 0 Å². The van der Waals surface area contributed by atoms with Gasteiger partial charge in [0.1, 0.15) is 5.60 Å². The highest BCUT2D eigenvalue weighted by molar-refractivity contribution is 5.91. The molecule has 8 heteroatoms. The molecule has 0 aromatic carbocycles. The summed E-state index contributed by atoms with van der Waals surface area (Å²) in [5, 5.41) is 6.18. The van der Waals surface area contributed by atoms with Gasteiger partial charge in [0.15, 0.2) is 5.76 Å². The molecular formula is C24H37N3O5. The number of hydrogen-bond acceptors (Lipinski definition) is 5. The van der Waals surface area contributed by atoms with Gasteiger partial charge in [-0.25, -0.2) is 4.79 Å². The minimum absolute atomic E-state index is 0.00953. The third kappa shape index (κ3) is 6.74. The summed E-state index contributed by atoms with van der Waals surface area (Å²) >= 11 is 0. The second-order valence-corrected chi connectivity index (χ2v) is 10.1. The van der Waals surface area contributed by atoms with E-state index in [1.807, 2.05) is 20.8 Å². The molecule has 8 nitrogen and oxygen atoms in total. The summed E-state index contributed by atoms with van der Waals surface area (Å²) in [7, 11) is 0. The maximum absolute atomic E-state index is 12.9. The average Bonchev–Trinajstić information content (AvgIpc) is 3.18. The van der Waals surface area contributed by atoms with Crippen molar-refractivity contribution >= 4 is 17.9 Å². The minimum atomic E-state index is -0.569. The van der Waals surface area contributed by atoms with Gasteiger partial charge in [0, 0.05) is 25.6 Å². The highest BCUT2D eigenvalue weighted by Crippen LogP contribution is 2.28. The Labute approximate surface area is 190 Å². The van der Waals surface area contributed by atoms with Gasteiger partial charge in [-0.2, -0.15) is 0 Å². The molecule has 1 aliphatic carbocycles. The Bertz CT molecular complexity index is 768. The third-order valence-electron chi connectivity index (χ3n) is 6.31. The number of carbonyl (C=O) groups is 3. The van der Waals surface area contributed by atoms with E-state index < -0.39 is 17.2 Å². The number of alkyl carbamates (subject to hydrolysis) is 1. The summed E-state index contributed by atoms with van der Waals surface area (Å²) in [4.78, 5) is 39.6. The monoisotopic (exact) mass is 447 g/mol. The number of nitrogens with one attached hydrogen (secondary N) is 2. The first-order valence-electron chi connectivity index (χ1n) is 11.8. The molecule has 0 spiro atoms. The van der Waals surface area contributed by atoms with Gasteiger partial charge in [-0.1, -0.05) is 25.7 Å². The first-order chi connectivity index (χ1) is 15.2. The lowest BCUT2D eigenvalue weighted by atomic mass is 9.89. The Morgan fingerprint density at radius 2 is 1.78 bits per heavy atom. The molecular weight excluding hydrogens is 410 g/mol. The first kappa shape index (κ1) is 24.1. The Balaban J connectivity index is 1.53. The molecule has 1 saturated carbocycles. The minimum Gasteiger partial charge on any atom is -0.459 e. The highest BCUT2D eigenvalue weighted by atomic mass is 16.6. The van der Waals surface area contributed by atoms with E-state index in [1.54, 1.807) is 17.0 Å². The Kier molecular flexibility index (Phi) is 7.85. The predicted molar refractivity (Wildman–Crippen MR) is 120 cm³/mol. The van der Waals surface area contributed by atoms with E-state index in [4.69, 9.17) is 9.15 Å². The molecule has 0 atom stereocenters. The molecule has 2 aliphatic rings. The summed E-state index contributed by atoms with van der Waals surface area (Å²) in [5.41, 5.74) is -1.05. The van der Waals surface area contributed by atoms with Crippen LogP contribution in [0.15, 0.2) is 22.8 Å². The van der Waals surface area contributed by atoms with Crippen LogP contribution >= 0.6 is 0 Å². The van der Waals surface area contributed by atoms with Crippen molar-refractivity contribution in [2.75, 3.05) is 19.6 Å². The van der Waals surface area contributed by atoms with Crippen LogP contribution in [0.2, 0.25) is 0 Å². The van der Waals surface area contributed by atoms with E-state index >= 15 is 0 Å². The van der Waals surface area contributed by atoms with Crippen LogP contribution in [0.4, 0.5) is 4.79 Å². The number of carbonyl (C=O) groups excluding carboxylic acids is 3. The molecule has 1 aromatic heterocycles. The number of amides is 3. The molecule has 2 heterocycles. The normalized spacial score (nSPS) is 19.7. The van der Waals surface area contributed by atoms with E-state index in [-0.39, 0.29) is 17.7 Å². The molecule has 32 heavy (non-hydrogen) atoms. The number of likely N-dealkylation sites (tertiary alicyclic amines) is 1. The molecule has 1 aliphatic heterocycles. The summed E-state index contributed by atoms with van der Waals surface area (Å²) in [6.45, 7) is 6.99. The Morgan fingerprint density at radius 1 is 1.12 bits per heavy atom. The second-order valence-electron chi connectivity index (χ2n) is 10.1. The quantitative estimate of drug-likeness (QED) is 0.668. The molecule has 3 amide bonds. The maximum Gasteiger partial charge on any atom is 0.408 e. The fraction of sp³-hybridized carbons (Fsp3) is 0.708. The van der Waals surface area contributed by atoms with Crippen molar-refractivity contribution in [1.29, 1.82) is 0 Å². The second kappa shape index (κ2) is 10.4. The average molecular weight is 448 g/mol. The van der Waals surface area contributed by atoms with E-state index in [0.29, 0.717) is 38.2 Å². The number of furan rings is 1. The number of rotatable bonds is 5. The zero-order valence-corrected chi connectivity index (χ0v) is 19.6. The van der Waals surface area contributed by atoms with Crippen molar-refractivity contribution in [3.63, 3.8) is 0 Å². The van der Waals surface area contributed by atoms with Crippen molar-refractivity contribution in [3.8, 4) is 0 Å². The van der Waals surface area contributed by atoms with E-state index in [9.17, 15) is 14.4 Å². The standard InChI is InChI=1S/C24H37N3O5/c1-23(2,3)32-22(30)26-24(12-6-4-5-7-13-24)17-25-20(28)18-10-14-27(15-11-18)21(29)19-9-8-16-31-19/h8-9,16,18H,4-7,10-15,17H2,1-3H3,(H,25,28)(H,26,30). The lowest BCUT2D eigenvalue weighted by Crippen LogP contribution is -2.57. The number of nitrogens with zero attached hydrogens (tertiary/aromatic N) is 1. The van der Waals surface area contributed by atoms with E-state index in [1.165, 1.54) is 6.26 Å². The van der Waals surface area contributed by atoms with Crippen molar-refractivity contribution in [2.45, 2.75) is 83.3 Å². The largest absolute Gasteiger partial charge is 0.459 e. The van der Waals surface area contributed by atoms with Crippen LogP contribution in [-0.2, 0) is 9.53 Å². The number of ether oxygens (including phenoxy) is 1. The van der Waals surface area contributed by atoms with Gasteiger partial charge in [0.05, 0.1) is 11.8 Å². The molecule has 0 bridgehead atoms. The molecule has 1 aromatic rings. The van der Waals surface area contributed by atoms with Crippen LogP contribution in [0.3, 0.4) is 0 Å². The van der Waals surface area contributed by atoms with Gasteiger partial charge in [-0.3, -0.25) is 9.59 Å². The van der Waals surface area contributed by atoms with Crippen LogP contribution in [-0.4, -0.2) is 53.6 Å². The van der Waals surface area contributed by atoms with E-state index in [0.717, 1.165) is 38.5 Å². The van der Waals surface area contributed by atoms with Gasteiger partial charge in [0.25, 0.3) is 5.91 Å². The maximum atomic E-state index is 12.9. The first-order valence-corrected chi connectivity index (χ1v) is 11.8. The Hall–Kier alpha value is -2.51. The van der Waals surface area contributed by atoms with Crippen molar-refractivity contribution in [2.24, 2.45) is 5.92 Å². The van der Waals surface area contributed by atoms with Gasteiger partial charge < -0.3 is 24.7 Å². The van der Waals surface area contributed by atoms with Crippen LogP contribution < -0.4 is 10.6 Å². The lowest BCUT2D eigenvalue weighted by molar-refractivity contribution is -0.126. The molecule has 1 saturated heterocycles. The van der Waals surface area contributed by atoms with Gasteiger partial charge in [-0.05, 0) is 58.6 Å². The van der Waals surface area contributed by atoms with Crippen LogP contribution in [0.1, 0.15) is 82.7 Å². The molecule has 2 N–H and O–H groups in total. The van der Waals surface area contributed by atoms with Crippen LogP contribution in [0, 0.1) is 5.92 Å². The topological polar surface area (TPSA) is 101 Å². The number of piperidine rings is 1.